The number of oxime groups is 1. The van der Waals surface area contributed by atoms with E-state index in [0.29, 0.717) is 36.3 Å². The Labute approximate surface area is 271 Å². The van der Waals surface area contributed by atoms with Crippen molar-refractivity contribution in [1.29, 1.82) is 0 Å². The summed E-state index contributed by atoms with van der Waals surface area (Å²) >= 11 is 0. The molecule has 6 heteroatoms. The van der Waals surface area contributed by atoms with Crippen LogP contribution in [-0.4, -0.2) is 60.0 Å². The third-order valence-corrected chi connectivity index (χ3v) is 13.9. The molecule has 0 bridgehead atoms. The van der Waals surface area contributed by atoms with E-state index in [0.717, 1.165) is 76.5 Å². The lowest BCUT2D eigenvalue weighted by atomic mass is 9.46. The number of nitrogens with zero attached hydrogens (tertiary/aromatic N) is 2. The molecule has 5 aliphatic rings. The number of rotatable bonds is 7. The second-order valence-corrected chi connectivity index (χ2v) is 15.9. The number of carbonyl (C=O) groups excluding carboxylic acids is 1. The molecule has 1 heterocycles. The van der Waals surface area contributed by atoms with Crippen LogP contribution >= 0.6 is 0 Å². The van der Waals surface area contributed by atoms with Crippen molar-refractivity contribution in [3.63, 3.8) is 0 Å². The van der Waals surface area contributed by atoms with Crippen LogP contribution in [0, 0.1) is 46.8 Å². The van der Waals surface area contributed by atoms with Crippen LogP contribution in [0.3, 0.4) is 0 Å². The summed E-state index contributed by atoms with van der Waals surface area (Å²) in [5.74, 6) is 4.92. The molecule has 2 N–H and O–H groups in total. The van der Waals surface area contributed by atoms with Crippen molar-refractivity contribution < 1.29 is 14.7 Å². The fraction of sp³-hybridized carbons (Fsp3) is 0.692. The van der Waals surface area contributed by atoms with E-state index in [1.165, 1.54) is 11.1 Å². The first kappa shape index (κ1) is 32.3. The highest BCUT2D eigenvalue weighted by Gasteiger charge is 2.63. The molecule has 3 saturated carbocycles. The number of allylic oxidation sites excluding steroid dienone is 2. The van der Waals surface area contributed by atoms with Crippen LogP contribution in [0.15, 0.2) is 47.1 Å². The molecule has 45 heavy (non-hydrogen) atoms. The number of piperidine rings is 1. The molecule has 6 nitrogen and oxygen atoms in total. The molecule has 0 spiro atoms. The number of carbonyl (C=O) groups is 1. The van der Waals surface area contributed by atoms with Crippen molar-refractivity contribution in [2.75, 3.05) is 26.7 Å². The first-order valence-corrected chi connectivity index (χ1v) is 17.6. The summed E-state index contributed by atoms with van der Waals surface area (Å²) in [5, 5.41) is 18.9. The lowest BCUT2D eigenvalue weighted by molar-refractivity contribution is -0.125. The smallest absolute Gasteiger partial charge is 0.260 e. The highest BCUT2D eigenvalue weighted by atomic mass is 16.6. The number of benzene rings is 1. The zero-order chi connectivity index (χ0) is 32.0. The van der Waals surface area contributed by atoms with Crippen LogP contribution < -0.4 is 5.32 Å². The summed E-state index contributed by atoms with van der Waals surface area (Å²) in [6.07, 6.45) is 18.2. The Bertz CT molecular complexity index is 1370. The molecular formula is C39H55N3O3. The topological polar surface area (TPSA) is 74.2 Å². The van der Waals surface area contributed by atoms with Crippen molar-refractivity contribution in [3.8, 4) is 12.3 Å². The van der Waals surface area contributed by atoms with Crippen molar-refractivity contribution in [1.82, 2.24) is 10.2 Å². The average Bonchev–Trinajstić information content (AvgIpc) is 3.31. The highest BCUT2D eigenvalue weighted by Crippen LogP contribution is 2.67. The molecule has 1 saturated heterocycles. The van der Waals surface area contributed by atoms with Gasteiger partial charge in [0.2, 0.25) is 0 Å². The number of hydrogen-bond donors (Lipinski definition) is 2. The summed E-state index contributed by atoms with van der Waals surface area (Å²) in [5.41, 5.74) is 2.90. The number of likely N-dealkylation sites (tertiary alicyclic amines) is 1. The molecule has 1 aromatic carbocycles. The van der Waals surface area contributed by atoms with E-state index in [4.69, 9.17) is 11.3 Å². The summed E-state index contributed by atoms with van der Waals surface area (Å²) in [6.45, 7) is 11.0. The number of terminal acetylenes is 1. The number of aliphatic hydroxyl groups is 1. The minimum atomic E-state index is -0.955. The number of hydrogen-bond acceptors (Lipinski definition) is 5. The predicted octanol–water partition coefficient (Wildman–Crippen LogP) is 6.49. The minimum absolute atomic E-state index is 0.0404. The number of amides is 1. The largest absolute Gasteiger partial charge is 0.385 e. The van der Waals surface area contributed by atoms with E-state index in [-0.39, 0.29) is 28.8 Å². The SMILES string of the molecule is C#C[C@]1(O)CC[C@H]2[C@@H]3CCC4=C/C(=N\OCC(=O)NCC[C@]5(c6ccccc6)C[C@@H](C)N(C)C[C@H]5C)CC[C@]4(C)[C@H]3CC[C@@]21C. The zero-order valence-electron chi connectivity index (χ0n) is 28.3. The van der Waals surface area contributed by atoms with Crippen LogP contribution in [0.2, 0.25) is 0 Å². The first-order valence-electron chi connectivity index (χ1n) is 17.6. The summed E-state index contributed by atoms with van der Waals surface area (Å²) in [6, 6.07) is 11.3. The molecule has 244 valence electrons. The molecule has 1 amide bonds. The van der Waals surface area contributed by atoms with Gasteiger partial charge in [0.15, 0.2) is 6.61 Å². The Hall–Kier alpha value is -2.62. The average molecular weight is 614 g/mol. The van der Waals surface area contributed by atoms with Crippen molar-refractivity contribution in [3.05, 3.63) is 47.5 Å². The van der Waals surface area contributed by atoms with Gasteiger partial charge in [0.05, 0.1) is 5.71 Å². The second-order valence-electron chi connectivity index (χ2n) is 15.9. The Morgan fingerprint density at radius 3 is 2.62 bits per heavy atom. The highest BCUT2D eigenvalue weighted by molar-refractivity contribution is 5.96. The van der Waals surface area contributed by atoms with E-state index < -0.39 is 5.60 Å². The van der Waals surface area contributed by atoms with Crippen molar-refractivity contribution in [2.45, 2.75) is 109 Å². The van der Waals surface area contributed by atoms with Crippen LogP contribution in [0.25, 0.3) is 0 Å². The van der Waals surface area contributed by atoms with Gasteiger partial charge in [0.25, 0.3) is 5.91 Å². The van der Waals surface area contributed by atoms with Gasteiger partial charge in [-0.1, -0.05) is 67.8 Å². The van der Waals surface area contributed by atoms with Crippen LogP contribution in [-0.2, 0) is 15.0 Å². The maximum atomic E-state index is 12.8. The van der Waals surface area contributed by atoms with E-state index in [2.05, 4.69) is 92.4 Å². The Morgan fingerprint density at radius 2 is 1.87 bits per heavy atom. The van der Waals surface area contributed by atoms with Gasteiger partial charge in [-0.25, -0.2) is 0 Å². The molecular weight excluding hydrogens is 558 g/mol. The van der Waals surface area contributed by atoms with E-state index in [9.17, 15) is 9.90 Å². The second kappa shape index (κ2) is 12.2. The Kier molecular flexibility index (Phi) is 8.76. The molecule has 6 rings (SSSR count). The van der Waals surface area contributed by atoms with Gasteiger partial charge in [-0.2, -0.15) is 0 Å². The van der Waals surface area contributed by atoms with Gasteiger partial charge in [-0.3, -0.25) is 4.79 Å². The van der Waals surface area contributed by atoms with Crippen LogP contribution in [0.4, 0.5) is 0 Å². The van der Waals surface area contributed by atoms with Gasteiger partial charge >= 0.3 is 0 Å². The lowest BCUT2D eigenvalue weighted by Gasteiger charge is -2.58. The van der Waals surface area contributed by atoms with Gasteiger partial charge in [-0.05, 0) is 119 Å². The van der Waals surface area contributed by atoms with Crippen LogP contribution in [0.5, 0.6) is 0 Å². The summed E-state index contributed by atoms with van der Waals surface area (Å²) in [4.78, 5) is 20.9. The standard InChI is InChI=1S/C39H55N3O3/c1-7-39(44)20-17-34-32-14-13-30-23-31(15-18-36(30,4)33(32)16-19-37(34,39)5)41-45-26-35(43)40-22-21-38(29-11-9-8-10-12-29)24-28(3)42(6)25-27(38)2/h1,8-12,23,27-28,32-34,44H,13-22,24-26H2,2-6H3,(H,40,43)/b41-31-/t27-,28-,32-,33+,34+,36+,37+,38+,39+/m1/s1. The quantitative estimate of drug-likeness (QED) is 0.272. The molecule has 1 aliphatic heterocycles. The maximum Gasteiger partial charge on any atom is 0.260 e. The molecule has 4 fully saturated rings. The zero-order valence-corrected chi connectivity index (χ0v) is 28.3. The molecule has 4 aliphatic carbocycles. The van der Waals surface area contributed by atoms with E-state index in [1.54, 1.807) is 0 Å². The summed E-state index contributed by atoms with van der Waals surface area (Å²) < 4.78 is 0. The van der Waals surface area contributed by atoms with E-state index in [1.807, 2.05) is 0 Å². The molecule has 0 radical (unpaired) electrons. The molecule has 9 atom stereocenters. The molecule has 0 aromatic heterocycles. The third kappa shape index (κ3) is 5.46. The number of nitrogens with one attached hydrogen (secondary N) is 1. The van der Waals surface area contributed by atoms with Gasteiger partial charge in [-0.15, -0.1) is 6.42 Å². The fourth-order valence-corrected chi connectivity index (χ4v) is 10.9. The first-order chi connectivity index (χ1) is 21.5. The maximum absolute atomic E-state index is 12.8. The minimum Gasteiger partial charge on any atom is -0.385 e. The fourth-order valence-electron chi connectivity index (χ4n) is 10.9. The van der Waals surface area contributed by atoms with Crippen molar-refractivity contribution >= 4 is 11.6 Å². The van der Waals surface area contributed by atoms with Crippen LogP contribution in [0.1, 0.15) is 97.5 Å². The van der Waals surface area contributed by atoms with E-state index >= 15 is 0 Å². The predicted molar refractivity (Wildman–Crippen MR) is 180 cm³/mol. The lowest BCUT2D eigenvalue weighted by Crippen LogP contribution is -2.54. The van der Waals surface area contributed by atoms with Gasteiger partial charge < -0.3 is 20.2 Å². The third-order valence-electron chi connectivity index (χ3n) is 13.9. The normalized spacial score (nSPS) is 42.1. The summed E-state index contributed by atoms with van der Waals surface area (Å²) in [7, 11) is 2.21. The molecule has 1 aromatic rings. The monoisotopic (exact) mass is 613 g/mol. The Balaban J connectivity index is 1.04. The van der Waals surface area contributed by atoms with Crippen molar-refractivity contribution in [2.24, 2.45) is 39.7 Å². The Morgan fingerprint density at radius 1 is 1.11 bits per heavy atom. The number of fused-ring (bicyclic) bond motifs is 5. The molecule has 0 unspecified atom stereocenters. The van der Waals surface area contributed by atoms with Gasteiger partial charge in [0.1, 0.15) is 5.60 Å². The van der Waals surface area contributed by atoms with Gasteiger partial charge in [0, 0.05) is 30.0 Å².